The van der Waals surface area contributed by atoms with Gasteiger partial charge < -0.3 is 9.88 Å². The Balaban J connectivity index is 1.99. The zero-order chi connectivity index (χ0) is 15.5. The van der Waals surface area contributed by atoms with Crippen LogP contribution in [0.3, 0.4) is 0 Å². The number of nitrogens with one attached hydrogen (secondary N) is 1. The van der Waals surface area contributed by atoms with Gasteiger partial charge >= 0.3 is 0 Å². The maximum absolute atomic E-state index is 12.0. The maximum atomic E-state index is 12.0. The van der Waals surface area contributed by atoms with E-state index < -0.39 is 0 Å². The third kappa shape index (κ3) is 2.55. The second-order valence-corrected chi connectivity index (χ2v) is 5.91. The molecule has 0 fully saturated rings. The molecule has 0 bridgehead atoms. The number of benzene rings is 1. The molecule has 2 aromatic heterocycles. The number of hydrogen-bond acceptors (Lipinski definition) is 3. The molecule has 0 unspecified atom stereocenters. The fourth-order valence-corrected chi connectivity index (χ4v) is 3.34. The third-order valence-corrected chi connectivity index (χ3v) is 4.51. The third-order valence-electron chi connectivity index (χ3n) is 3.43. The number of para-hydroxylation sites is 2. The van der Waals surface area contributed by atoms with Gasteiger partial charge in [-0.3, -0.25) is 4.79 Å². The predicted octanol–water partition coefficient (Wildman–Crippen LogP) is 3.70. The molecule has 0 radical (unpaired) electrons. The van der Waals surface area contributed by atoms with Gasteiger partial charge in [0.05, 0.1) is 20.8 Å². The average molecular weight is 311 g/mol. The summed E-state index contributed by atoms with van der Waals surface area (Å²) in [6, 6.07) is 11.9. The highest BCUT2D eigenvalue weighted by Crippen LogP contribution is 2.30. The first kappa shape index (κ1) is 14.5. The number of aryl methyl sites for hydroxylation is 1. The molecule has 22 heavy (non-hydrogen) atoms. The lowest BCUT2D eigenvalue weighted by Gasteiger charge is -2.03. The van der Waals surface area contributed by atoms with Crippen molar-refractivity contribution in [3.8, 4) is 10.7 Å². The normalized spacial score (nSPS) is 10.8. The van der Waals surface area contributed by atoms with Gasteiger partial charge in [0.2, 0.25) is 0 Å². The molecule has 0 aliphatic rings. The summed E-state index contributed by atoms with van der Waals surface area (Å²) in [5, 5.41) is 2.79. The molecule has 0 aliphatic carbocycles. The van der Waals surface area contributed by atoms with Crippen LogP contribution in [0.5, 0.6) is 0 Å². The van der Waals surface area contributed by atoms with Crippen LogP contribution in [-0.2, 0) is 6.54 Å². The summed E-state index contributed by atoms with van der Waals surface area (Å²) in [5.41, 5.74) is 2.09. The number of carbonyl (C=O) groups excluding carboxylic acids is 1. The van der Waals surface area contributed by atoms with E-state index in [2.05, 4.69) is 29.5 Å². The Hall–Kier alpha value is -2.40. The lowest BCUT2D eigenvalue weighted by atomic mass is 10.3. The minimum atomic E-state index is -0.0738. The predicted molar refractivity (Wildman–Crippen MR) is 91.3 cm³/mol. The molecular formula is C17H17N3OS. The van der Waals surface area contributed by atoms with Crippen molar-refractivity contribution in [3.63, 3.8) is 0 Å². The fourth-order valence-electron chi connectivity index (χ4n) is 2.42. The topological polar surface area (TPSA) is 46.9 Å². The van der Waals surface area contributed by atoms with E-state index >= 15 is 0 Å². The number of aromatic nitrogens is 2. The van der Waals surface area contributed by atoms with Gasteiger partial charge in [0, 0.05) is 13.1 Å². The molecule has 112 valence electrons. The number of imidazole rings is 1. The first-order valence-electron chi connectivity index (χ1n) is 7.19. The molecule has 0 aliphatic heterocycles. The Kier molecular flexibility index (Phi) is 4.06. The van der Waals surface area contributed by atoms with Crippen molar-refractivity contribution in [2.75, 3.05) is 6.54 Å². The van der Waals surface area contributed by atoms with Gasteiger partial charge in [-0.2, -0.15) is 0 Å². The van der Waals surface area contributed by atoms with Crippen molar-refractivity contribution >= 4 is 28.3 Å². The van der Waals surface area contributed by atoms with Crippen molar-refractivity contribution in [1.82, 2.24) is 14.9 Å². The number of rotatable bonds is 5. The average Bonchev–Trinajstić information content (AvgIpc) is 3.16. The van der Waals surface area contributed by atoms with E-state index in [1.54, 1.807) is 6.08 Å². The van der Waals surface area contributed by atoms with Crippen molar-refractivity contribution < 1.29 is 4.79 Å². The van der Waals surface area contributed by atoms with E-state index in [4.69, 9.17) is 4.98 Å². The number of nitrogens with zero attached hydrogens (tertiary/aromatic N) is 2. The van der Waals surface area contributed by atoms with E-state index in [-0.39, 0.29) is 5.91 Å². The molecule has 4 nitrogen and oxygen atoms in total. The SMILES string of the molecule is C=CCNC(=O)c1ccc(-c2nc3ccccc3n2CC)s1. The quantitative estimate of drug-likeness (QED) is 0.730. The first-order valence-corrected chi connectivity index (χ1v) is 8.00. The summed E-state index contributed by atoms with van der Waals surface area (Å²) in [7, 11) is 0. The van der Waals surface area contributed by atoms with E-state index in [1.165, 1.54) is 11.3 Å². The highest BCUT2D eigenvalue weighted by molar-refractivity contribution is 7.17. The summed E-state index contributed by atoms with van der Waals surface area (Å²) >= 11 is 1.46. The van der Waals surface area contributed by atoms with E-state index in [0.717, 1.165) is 28.3 Å². The monoisotopic (exact) mass is 311 g/mol. The van der Waals surface area contributed by atoms with Gasteiger partial charge in [-0.1, -0.05) is 18.2 Å². The molecule has 1 N–H and O–H groups in total. The summed E-state index contributed by atoms with van der Waals surface area (Å²) < 4.78 is 2.17. The zero-order valence-electron chi connectivity index (χ0n) is 12.4. The molecule has 0 saturated heterocycles. The Labute approximate surface area is 133 Å². The molecule has 0 atom stereocenters. The minimum Gasteiger partial charge on any atom is -0.348 e. The summed E-state index contributed by atoms with van der Waals surface area (Å²) in [5.74, 6) is 0.840. The number of amides is 1. The highest BCUT2D eigenvalue weighted by atomic mass is 32.1. The fraction of sp³-hybridized carbons (Fsp3) is 0.176. The summed E-state index contributed by atoms with van der Waals surface area (Å²) in [6.45, 7) is 7.01. The van der Waals surface area contributed by atoms with Crippen molar-refractivity contribution in [2.45, 2.75) is 13.5 Å². The number of fused-ring (bicyclic) bond motifs is 1. The largest absolute Gasteiger partial charge is 0.348 e. The van der Waals surface area contributed by atoms with Crippen LogP contribution in [0.2, 0.25) is 0 Å². The standard InChI is InChI=1S/C17H17N3OS/c1-3-11-18-17(21)15-10-9-14(22-15)16-19-12-7-5-6-8-13(12)20(16)4-2/h3,5-10H,1,4,11H2,2H3,(H,18,21). The molecule has 0 spiro atoms. The van der Waals surface area contributed by atoms with Crippen LogP contribution in [0, 0.1) is 0 Å². The van der Waals surface area contributed by atoms with Crippen LogP contribution in [-0.4, -0.2) is 22.0 Å². The zero-order valence-corrected chi connectivity index (χ0v) is 13.2. The molecule has 1 amide bonds. The van der Waals surface area contributed by atoms with Crippen molar-refractivity contribution in [1.29, 1.82) is 0 Å². The highest BCUT2D eigenvalue weighted by Gasteiger charge is 2.15. The second-order valence-electron chi connectivity index (χ2n) is 4.83. The lowest BCUT2D eigenvalue weighted by molar-refractivity contribution is 0.0962. The summed E-state index contributed by atoms with van der Waals surface area (Å²) in [6.07, 6.45) is 1.67. The van der Waals surface area contributed by atoms with E-state index in [0.29, 0.717) is 11.4 Å². The molecule has 5 heteroatoms. The molecule has 2 heterocycles. The van der Waals surface area contributed by atoms with Crippen molar-refractivity contribution in [2.24, 2.45) is 0 Å². The molecule has 1 aromatic carbocycles. The van der Waals surface area contributed by atoms with Gasteiger partial charge in [-0.15, -0.1) is 17.9 Å². The van der Waals surface area contributed by atoms with Gasteiger partial charge in [0.1, 0.15) is 0 Å². The van der Waals surface area contributed by atoms with Crippen LogP contribution in [0.4, 0.5) is 0 Å². The van der Waals surface area contributed by atoms with Gasteiger partial charge in [-0.05, 0) is 31.2 Å². The van der Waals surface area contributed by atoms with Gasteiger partial charge in [-0.25, -0.2) is 4.98 Å². The van der Waals surface area contributed by atoms with Gasteiger partial charge in [0.25, 0.3) is 5.91 Å². The second kappa shape index (κ2) is 6.15. The smallest absolute Gasteiger partial charge is 0.261 e. The first-order chi connectivity index (χ1) is 10.7. The van der Waals surface area contributed by atoms with Crippen LogP contribution >= 0.6 is 11.3 Å². The molecule has 3 aromatic rings. The van der Waals surface area contributed by atoms with E-state index in [9.17, 15) is 4.79 Å². The van der Waals surface area contributed by atoms with Crippen LogP contribution < -0.4 is 5.32 Å². The number of thiophene rings is 1. The van der Waals surface area contributed by atoms with Crippen LogP contribution in [0.15, 0.2) is 49.1 Å². The van der Waals surface area contributed by atoms with Gasteiger partial charge in [0.15, 0.2) is 5.82 Å². The minimum absolute atomic E-state index is 0.0738. The Bertz CT molecular complexity index is 831. The lowest BCUT2D eigenvalue weighted by Crippen LogP contribution is -2.21. The Morgan fingerprint density at radius 1 is 1.36 bits per heavy atom. The molecular weight excluding hydrogens is 294 g/mol. The van der Waals surface area contributed by atoms with Crippen LogP contribution in [0.25, 0.3) is 21.7 Å². The number of carbonyl (C=O) groups is 1. The number of hydrogen-bond donors (Lipinski definition) is 1. The maximum Gasteiger partial charge on any atom is 0.261 e. The molecule has 3 rings (SSSR count). The Morgan fingerprint density at radius 2 is 2.18 bits per heavy atom. The Morgan fingerprint density at radius 3 is 2.95 bits per heavy atom. The van der Waals surface area contributed by atoms with Crippen molar-refractivity contribution in [3.05, 3.63) is 53.9 Å². The molecule has 0 saturated carbocycles. The van der Waals surface area contributed by atoms with Crippen LogP contribution in [0.1, 0.15) is 16.6 Å². The van der Waals surface area contributed by atoms with E-state index in [1.807, 2.05) is 30.3 Å². The summed E-state index contributed by atoms with van der Waals surface area (Å²) in [4.78, 5) is 18.4.